The van der Waals surface area contributed by atoms with E-state index < -0.39 is 0 Å². The third-order valence-electron chi connectivity index (χ3n) is 5.62. The molecule has 3 heterocycles. The first-order chi connectivity index (χ1) is 16.3. The van der Waals surface area contributed by atoms with Crippen molar-refractivity contribution in [3.63, 3.8) is 0 Å². The summed E-state index contributed by atoms with van der Waals surface area (Å²) in [5.41, 5.74) is 1.58. The Bertz CT molecular complexity index is 1220. The summed E-state index contributed by atoms with van der Waals surface area (Å²) >= 11 is 0. The highest BCUT2D eigenvalue weighted by Crippen LogP contribution is 2.30. The summed E-state index contributed by atoms with van der Waals surface area (Å²) in [6, 6.07) is 25.8. The number of rotatable bonds is 7. The zero-order valence-electron chi connectivity index (χ0n) is 18.2. The van der Waals surface area contributed by atoms with E-state index in [0.717, 1.165) is 38.5 Å². The molecule has 1 saturated heterocycles. The highest BCUT2D eigenvalue weighted by Gasteiger charge is 2.25. The number of benzene rings is 2. The molecule has 33 heavy (non-hydrogen) atoms. The van der Waals surface area contributed by atoms with Gasteiger partial charge in [-0.2, -0.15) is 10.2 Å². The summed E-state index contributed by atoms with van der Waals surface area (Å²) in [5.74, 6) is 2.71. The average molecular weight is 441 g/mol. The first kappa shape index (κ1) is 20.9. The van der Waals surface area contributed by atoms with Gasteiger partial charge in [-0.05, 0) is 29.8 Å². The summed E-state index contributed by atoms with van der Waals surface area (Å²) in [5, 5.41) is 9.61. The zero-order valence-corrected chi connectivity index (χ0v) is 18.2. The van der Waals surface area contributed by atoms with E-state index in [1.807, 2.05) is 42.5 Å². The standard InChI is InChI=1S/C26H24N4O3/c27-17-23-26(30-15-13-29(14-16-30)18-20-7-3-1-4-8-20)33-25(28-23)24-12-11-22(32-24)19-31-21-9-5-2-6-10-21/h1-12H,13-16,18-19H2. The van der Waals surface area contributed by atoms with E-state index in [0.29, 0.717) is 29.9 Å². The molecule has 0 amide bonds. The molecule has 0 radical (unpaired) electrons. The van der Waals surface area contributed by atoms with Crippen LogP contribution >= 0.6 is 0 Å². The highest BCUT2D eigenvalue weighted by atomic mass is 16.5. The first-order valence-corrected chi connectivity index (χ1v) is 11.0. The number of hydrogen-bond donors (Lipinski definition) is 0. The Kier molecular flexibility index (Phi) is 6.09. The topological polar surface area (TPSA) is 78.7 Å². The second kappa shape index (κ2) is 9.63. The predicted molar refractivity (Wildman–Crippen MR) is 124 cm³/mol. The Morgan fingerprint density at radius 2 is 1.61 bits per heavy atom. The van der Waals surface area contributed by atoms with Crippen LogP contribution in [0.15, 0.2) is 81.6 Å². The van der Waals surface area contributed by atoms with Crippen LogP contribution in [0.1, 0.15) is 17.0 Å². The second-order valence-electron chi connectivity index (χ2n) is 7.90. The summed E-state index contributed by atoms with van der Waals surface area (Å²) in [6.45, 7) is 4.53. The van der Waals surface area contributed by atoms with Gasteiger partial charge in [0.1, 0.15) is 24.2 Å². The Morgan fingerprint density at radius 1 is 0.879 bits per heavy atom. The maximum Gasteiger partial charge on any atom is 0.266 e. The number of anilines is 1. The number of nitriles is 1. The van der Waals surface area contributed by atoms with Crippen molar-refractivity contribution in [3.05, 3.63) is 89.8 Å². The van der Waals surface area contributed by atoms with Crippen LogP contribution in [0.2, 0.25) is 0 Å². The van der Waals surface area contributed by atoms with Crippen molar-refractivity contribution in [2.24, 2.45) is 0 Å². The lowest BCUT2D eigenvalue weighted by Gasteiger charge is -2.34. The van der Waals surface area contributed by atoms with Crippen LogP contribution < -0.4 is 9.64 Å². The molecule has 1 fully saturated rings. The number of aromatic nitrogens is 1. The van der Waals surface area contributed by atoms with E-state index in [2.05, 4.69) is 45.1 Å². The van der Waals surface area contributed by atoms with Crippen molar-refractivity contribution in [2.45, 2.75) is 13.2 Å². The maximum absolute atomic E-state index is 9.61. The molecule has 5 rings (SSSR count). The third-order valence-corrected chi connectivity index (χ3v) is 5.62. The van der Waals surface area contributed by atoms with Crippen LogP contribution in [0.4, 0.5) is 5.88 Å². The van der Waals surface area contributed by atoms with Crippen molar-refractivity contribution < 1.29 is 13.6 Å². The first-order valence-electron chi connectivity index (χ1n) is 11.0. The summed E-state index contributed by atoms with van der Waals surface area (Å²) in [7, 11) is 0. The molecule has 0 unspecified atom stereocenters. The number of piperazine rings is 1. The fourth-order valence-corrected chi connectivity index (χ4v) is 3.90. The van der Waals surface area contributed by atoms with Gasteiger partial charge in [0, 0.05) is 32.7 Å². The van der Waals surface area contributed by atoms with E-state index in [1.54, 1.807) is 6.07 Å². The molecule has 4 aromatic rings. The molecule has 0 bridgehead atoms. The van der Waals surface area contributed by atoms with Gasteiger partial charge in [-0.1, -0.05) is 48.5 Å². The Morgan fingerprint density at radius 3 is 2.33 bits per heavy atom. The summed E-state index contributed by atoms with van der Waals surface area (Å²) in [4.78, 5) is 8.86. The quantitative estimate of drug-likeness (QED) is 0.412. The molecule has 0 saturated carbocycles. The Balaban J connectivity index is 1.23. The fourth-order valence-electron chi connectivity index (χ4n) is 3.90. The van der Waals surface area contributed by atoms with Crippen LogP contribution in [0, 0.1) is 11.3 Å². The molecule has 0 atom stereocenters. The van der Waals surface area contributed by atoms with Crippen molar-refractivity contribution in [1.82, 2.24) is 9.88 Å². The van der Waals surface area contributed by atoms with Gasteiger partial charge in [0.05, 0.1) is 0 Å². The molecule has 1 aliphatic rings. The molecule has 1 aliphatic heterocycles. The van der Waals surface area contributed by atoms with Crippen molar-refractivity contribution in [2.75, 3.05) is 31.1 Å². The van der Waals surface area contributed by atoms with Crippen molar-refractivity contribution in [3.8, 4) is 23.5 Å². The fraction of sp³-hybridized carbons (Fsp3) is 0.231. The molecule has 0 spiro atoms. The minimum absolute atomic E-state index is 0.278. The average Bonchev–Trinajstić information content (AvgIpc) is 3.52. The maximum atomic E-state index is 9.61. The molecule has 166 valence electrons. The van der Waals surface area contributed by atoms with Crippen LogP contribution in [0.25, 0.3) is 11.7 Å². The molecular weight excluding hydrogens is 416 g/mol. The minimum atomic E-state index is 0.278. The van der Waals surface area contributed by atoms with Gasteiger partial charge in [-0.3, -0.25) is 4.90 Å². The summed E-state index contributed by atoms with van der Waals surface area (Å²) < 4.78 is 17.6. The number of furan rings is 1. The van der Waals surface area contributed by atoms with E-state index in [9.17, 15) is 5.26 Å². The van der Waals surface area contributed by atoms with Gasteiger partial charge >= 0.3 is 0 Å². The number of hydrogen-bond acceptors (Lipinski definition) is 7. The lowest BCUT2D eigenvalue weighted by molar-refractivity contribution is 0.246. The van der Waals surface area contributed by atoms with E-state index in [-0.39, 0.29) is 5.69 Å². The Labute approximate surface area is 192 Å². The second-order valence-corrected chi connectivity index (χ2v) is 7.90. The predicted octanol–water partition coefficient (Wildman–Crippen LogP) is 4.71. The number of nitrogens with zero attached hydrogens (tertiary/aromatic N) is 4. The molecular formula is C26H24N4O3. The van der Waals surface area contributed by atoms with Gasteiger partial charge in [-0.25, -0.2) is 0 Å². The smallest absolute Gasteiger partial charge is 0.266 e. The largest absolute Gasteiger partial charge is 0.486 e. The minimum Gasteiger partial charge on any atom is -0.486 e. The van der Waals surface area contributed by atoms with Gasteiger partial charge in [0.2, 0.25) is 11.6 Å². The third kappa shape index (κ3) is 4.92. The van der Waals surface area contributed by atoms with E-state index in [4.69, 9.17) is 13.6 Å². The van der Waals surface area contributed by atoms with E-state index in [1.165, 1.54) is 5.56 Å². The number of oxazole rings is 1. The number of para-hydroxylation sites is 1. The molecule has 2 aromatic carbocycles. The van der Waals surface area contributed by atoms with Gasteiger partial charge in [0.25, 0.3) is 5.89 Å². The lowest BCUT2D eigenvalue weighted by atomic mass is 10.2. The zero-order chi connectivity index (χ0) is 22.5. The molecule has 0 aliphatic carbocycles. The lowest BCUT2D eigenvalue weighted by Crippen LogP contribution is -2.46. The monoisotopic (exact) mass is 440 g/mol. The van der Waals surface area contributed by atoms with Gasteiger partial charge < -0.3 is 18.5 Å². The van der Waals surface area contributed by atoms with Crippen LogP contribution in [-0.4, -0.2) is 36.1 Å². The highest BCUT2D eigenvalue weighted by molar-refractivity contribution is 5.56. The van der Waals surface area contributed by atoms with Gasteiger partial charge in [0.15, 0.2) is 5.76 Å². The molecule has 0 N–H and O–H groups in total. The van der Waals surface area contributed by atoms with Gasteiger partial charge in [-0.15, -0.1) is 0 Å². The molecule has 7 nitrogen and oxygen atoms in total. The van der Waals surface area contributed by atoms with Crippen LogP contribution in [-0.2, 0) is 13.2 Å². The van der Waals surface area contributed by atoms with Crippen molar-refractivity contribution in [1.29, 1.82) is 5.26 Å². The van der Waals surface area contributed by atoms with Crippen LogP contribution in [0.3, 0.4) is 0 Å². The Hall–Kier alpha value is -4.02. The molecule has 7 heteroatoms. The molecule has 2 aromatic heterocycles. The number of ether oxygens (including phenoxy) is 1. The van der Waals surface area contributed by atoms with E-state index >= 15 is 0 Å². The SMILES string of the molecule is N#Cc1nc(-c2ccc(COc3ccccc3)o2)oc1N1CCN(Cc2ccccc2)CC1. The normalized spacial score (nSPS) is 14.2. The van der Waals surface area contributed by atoms with Crippen molar-refractivity contribution >= 4 is 5.88 Å². The van der Waals surface area contributed by atoms with Crippen LogP contribution in [0.5, 0.6) is 5.75 Å². The summed E-state index contributed by atoms with van der Waals surface area (Å²) in [6.07, 6.45) is 0.